The van der Waals surface area contributed by atoms with E-state index >= 15 is 0 Å². The van der Waals surface area contributed by atoms with Gasteiger partial charge >= 0.3 is 12.0 Å². The molecule has 2 amide bonds. The Bertz CT molecular complexity index is 287. The van der Waals surface area contributed by atoms with Gasteiger partial charge in [-0.3, -0.25) is 0 Å². The molecule has 1 saturated carbocycles. The maximum absolute atomic E-state index is 11.5. The molecule has 1 aliphatic rings. The van der Waals surface area contributed by atoms with E-state index in [1.54, 1.807) is 11.8 Å². The standard InChI is InChI=1S/C10H18N2O4S/c1-17-8-4-2-3-6(8)11-10(16)12-7(5-13)9(14)15/h6-8,13H,2-5H2,1H3,(H,14,15)(H2,11,12,16)/t6?,7-,8?/m0/s1. The number of amides is 2. The molecule has 1 aliphatic carbocycles. The van der Waals surface area contributed by atoms with Gasteiger partial charge in [-0.1, -0.05) is 6.42 Å². The Hall–Kier alpha value is -0.950. The van der Waals surface area contributed by atoms with E-state index in [2.05, 4.69) is 10.6 Å². The fourth-order valence-corrected chi connectivity index (χ4v) is 2.86. The molecule has 3 atom stereocenters. The molecule has 7 heteroatoms. The number of carbonyl (C=O) groups is 2. The zero-order valence-corrected chi connectivity index (χ0v) is 10.5. The summed E-state index contributed by atoms with van der Waals surface area (Å²) in [6, 6.07) is -1.69. The molecule has 0 spiro atoms. The number of aliphatic hydroxyl groups excluding tert-OH is 1. The van der Waals surface area contributed by atoms with Gasteiger partial charge in [0.1, 0.15) is 0 Å². The smallest absolute Gasteiger partial charge is 0.328 e. The lowest BCUT2D eigenvalue weighted by Gasteiger charge is -2.20. The van der Waals surface area contributed by atoms with Crippen LogP contribution >= 0.6 is 11.8 Å². The van der Waals surface area contributed by atoms with Gasteiger partial charge in [-0.05, 0) is 19.1 Å². The van der Waals surface area contributed by atoms with Crippen molar-refractivity contribution < 1.29 is 19.8 Å². The summed E-state index contributed by atoms with van der Waals surface area (Å²) in [5.41, 5.74) is 0. The van der Waals surface area contributed by atoms with E-state index in [-0.39, 0.29) is 6.04 Å². The summed E-state index contributed by atoms with van der Waals surface area (Å²) in [5, 5.41) is 22.8. The molecule has 1 fully saturated rings. The van der Waals surface area contributed by atoms with Gasteiger partial charge in [0, 0.05) is 11.3 Å². The lowest BCUT2D eigenvalue weighted by Crippen LogP contribution is -2.51. The number of aliphatic hydroxyl groups is 1. The van der Waals surface area contributed by atoms with Crippen LogP contribution < -0.4 is 10.6 Å². The SMILES string of the molecule is CSC1CCCC1NC(=O)N[C@@H](CO)C(=O)O. The zero-order valence-electron chi connectivity index (χ0n) is 9.68. The fourth-order valence-electron chi connectivity index (χ4n) is 1.93. The first-order chi connectivity index (χ1) is 8.08. The Morgan fingerprint density at radius 1 is 1.47 bits per heavy atom. The minimum Gasteiger partial charge on any atom is -0.480 e. The van der Waals surface area contributed by atoms with Crippen LogP contribution in [0.4, 0.5) is 4.79 Å². The second kappa shape index (κ2) is 6.70. The highest BCUT2D eigenvalue weighted by Crippen LogP contribution is 2.28. The number of urea groups is 1. The van der Waals surface area contributed by atoms with Gasteiger partial charge in [-0.15, -0.1) is 0 Å². The van der Waals surface area contributed by atoms with Gasteiger partial charge in [0.05, 0.1) is 6.61 Å². The van der Waals surface area contributed by atoms with Gasteiger partial charge in [0.15, 0.2) is 6.04 Å². The lowest BCUT2D eigenvalue weighted by atomic mass is 10.2. The van der Waals surface area contributed by atoms with Crippen LogP contribution in [-0.4, -0.2) is 52.4 Å². The predicted molar refractivity (Wildman–Crippen MR) is 65.1 cm³/mol. The number of thioether (sulfide) groups is 1. The molecule has 0 aromatic rings. The van der Waals surface area contributed by atoms with Crippen LogP contribution in [0.5, 0.6) is 0 Å². The van der Waals surface area contributed by atoms with Crippen molar-refractivity contribution >= 4 is 23.8 Å². The summed E-state index contributed by atoms with van der Waals surface area (Å²) < 4.78 is 0. The van der Waals surface area contributed by atoms with E-state index in [9.17, 15) is 9.59 Å². The van der Waals surface area contributed by atoms with Crippen LogP contribution in [0.25, 0.3) is 0 Å². The first-order valence-corrected chi connectivity index (χ1v) is 6.80. The Morgan fingerprint density at radius 2 is 2.18 bits per heavy atom. The Balaban J connectivity index is 2.41. The van der Waals surface area contributed by atoms with E-state index in [0.29, 0.717) is 5.25 Å². The fraction of sp³-hybridized carbons (Fsp3) is 0.800. The van der Waals surface area contributed by atoms with Gasteiger partial charge < -0.3 is 20.8 Å². The van der Waals surface area contributed by atoms with E-state index in [0.717, 1.165) is 19.3 Å². The minimum absolute atomic E-state index is 0.0816. The summed E-state index contributed by atoms with van der Waals surface area (Å²) in [6.45, 7) is -0.612. The molecule has 6 nitrogen and oxygen atoms in total. The number of carboxylic acid groups (broad SMARTS) is 1. The van der Waals surface area contributed by atoms with Crippen LogP contribution in [0.2, 0.25) is 0 Å². The van der Waals surface area contributed by atoms with E-state index in [4.69, 9.17) is 10.2 Å². The first-order valence-electron chi connectivity index (χ1n) is 5.52. The normalized spacial score (nSPS) is 25.3. The molecular weight excluding hydrogens is 244 g/mol. The van der Waals surface area contributed by atoms with Gasteiger partial charge in [0.2, 0.25) is 0 Å². The van der Waals surface area contributed by atoms with Crippen molar-refractivity contribution in [1.82, 2.24) is 10.6 Å². The highest BCUT2D eigenvalue weighted by molar-refractivity contribution is 7.99. The van der Waals surface area contributed by atoms with E-state index < -0.39 is 24.6 Å². The Kier molecular flexibility index (Phi) is 5.57. The third-order valence-corrected chi connectivity index (χ3v) is 4.03. The summed E-state index contributed by atoms with van der Waals surface area (Å²) in [4.78, 5) is 22.1. The van der Waals surface area contributed by atoms with Crippen LogP contribution in [0, 0.1) is 0 Å². The Labute approximate surface area is 104 Å². The lowest BCUT2D eigenvalue weighted by molar-refractivity contribution is -0.140. The largest absolute Gasteiger partial charge is 0.480 e. The molecule has 17 heavy (non-hydrogen) atoms. The first kappa shape index (κ1) is 14.1. The van der Waals surface area contributed by atoms with Crippen molar-refractivity contribution in [3.8, 4) is 0 Å². The zero-order chi connectivity index (χ0) is 12.8. The topological polar surface area (TPSA) is 98.7 Å². The van der Waals surface area contributed by atoms with E-state index in [1.807, 2.05) is 6.26 Å². The molecule has 0 aromatic carbocycles. The number of carbonyl (C=O) groups excluding carboxylic acids is 1. The maximum atomic E-state index is 11.5. The maximum Gasteiger partial charge on any atom is 0.328 e. The van der Waals surface area contributed by atoms with Crippen LogP contribution in [0.3, 0.4) is 0 Å². The number of nitrogens with one attached hydrogen (secondary N) is 2. The van der Waals surface area contributed by atoms with Gasteiger partial charge in [-0.2, -0.15) is 11.8 Å². The summed E-state index contributed by atoms with van der Waals surface area (Å²) in [6.07, 6.45) is 5.04. The third-order valence-electron chi connectivity index (χ3n) is 2.86. The monoisotopic (exact) mass is 262 g/mol. The molecule has 4 N–H and O–H groups in total. The third kappa shape index (κ3) is 4.08. The molecule has 0 aliphatic heterocycles. The van der Waals surface area contributed by atoms with Crippen molar-refractivity contribution in [1.29, 1.82) is 0 Å². The minimum atomic E-state index is -1.25. The van der Waals surface area contributed by atoms with Crippen molar-refractivity contribution in [2.24, 2.45) is 0 Å². The van der Waals surface area contributed by atoms with Gasteiger partial charge in [-0.25, -0.2) is 9.59 Å². The number of hydrogen-bond donors (Lipinski definition) is 4. The number of carboxylic acids is 1. The van der Waals surface area contributed by atoms with Crippen molar-refractivity contribution in [2.45, 2.75) is 36.6 Å². The molecule has 2 unspecified atom stereocenters. The highest BCUT2D eigenvalue weighted by Gasteiger charge is 2.28. The number of rotatable bonds is 5. The molecule has 0 heterocycles. The molecule has 0 radical (unpaired) electrons. The molecule has 0 saturated heterocycles. The molecule has 1 rings (SSSR count). The highest BCUT2D eigenvalue weighted by atomic mass is 32.2. The number of hydrogen-bond acceptors (Lipinski definition) is 4. The second-order valence-electron chi connectivity index (χ2n) is 4.00. The van der Waals surface area contributed by atoms with Crippen molar-refractivity contribution in [3.05, 3.63) is 0 Å². The second-order valence-corrected chi connectivity index (χ2v) is 5.08. The van der Waals surface area contributed by atoms with Crippen molar-refractivity contribution in [2.75, 3.05) is 12.9 Å². The van der Waals surface area contributed by atoms with Crippen LogP contribution in [-0.2, 0) is 4.79 Å². The predicted octanol–water partition coefficient (Wildman–Crippen LogP) is 0.0152. The number of aliphatic carboxylic acids is 1. The molecular formula is C10H18N2O4S. The molecule has 0 bridgehead atoms. The average molecular weight is 262 g/mol. The van der Waals surface area contributed by atoms with Crippen LogP contribution in [0.15, 0.2) is 0 Å². The Morgan fingerprint density at radius 3 is 2.71 bits per heavy atom. The molecule has 98 valence electrons. The molecule has 0 aromatic heterocycles. The van der Waals surface area contributed by atoms with Crippen LogP contribution in [0.1, 0.15) is 19.3 Å². The summed E-state index contributed by atoms with van der Waals surface area (Å²) >= 11 is 1.71. The summed E-state index contributed by atoms with van der Waals surface area (Å²) in [7, 11) is 0. The average Bonchev–Trinajstić information content (AvgIpc) is 2.72. The van der Waals surface area contributed by atoms with Crippen molar-refractivity contribution in [3.63, 3.8) is 0 Å². The quantitative estimate of drug-likeness (QED) is 0.559. The van der Waals surface area contributed by atoms with E-state index in [1.165, 1.54) is 0 Å². The van der Waals surface area contributed by atoms with Gasteiger partial charge in [0.25, 0.3) is 0 Å². The summed E-state index contributed by atoms with van der Waals surface area (Å²) in [5.74, 6) is -1.24.